The Morgan fingerprint density at radius 1 is 1.21 bits per heavy atom. The Balaban J connectivity index is 3.73. The smallest absolute Gasteiger partial charge is 0.146 e. The molecule has 0 aliphatic rings. The highest BCUT2D eigenvalue weighted by atomic mass is 16.7. The molecular weight excluding hydrogens is 240 g/mol. The zero-order valence-corrected chi connectivity index (χ0v) is 13.6. The zero-order valence-electron chi connectivity index (χ0n) is 13.6. The molecule has 0 radical (unpaired) electrons. The van der Waals surface area contributed by atoms with Gasteiger partial charge in [-0.3, -0.25) is 0 Å². The van der Waals surface area contributed by atoms with Crippen molar-refractivity contribution in [3.05, 3.63) is 0 Å². The Bertz CT molecular complexity index is 208. The second-order valence-corrected chi connectivity index (χ2v) is 6.28. The van der Waals surface area contributed by atoms with Gasteiger partial charge in [0.15, 0.2) is 0 Å². The molecule has 2 N–H and O–H groups in total. The maximum atomic E-state index is 5.78. The van der Waals surface area contributed by atoms with Crippen molar-refractivity contribution in [2.45, 2.75) is 52.5 Å². The van der Waals surface area contributed by atoms with Crippen molar-refractivity contribution in [1.29, 1.82) is 0 Å². The SMILES string of the molecule is CCCCOCOCC(C)(C)CCC(CN)N(C)C. The van der Waals surface area contributed by atoms with E-state index in [0.717, 1.165) is 38.9 Å². The van der Waals surface area contributed by atoms with Crippen molar-refractivity contribution < 1.29 is 9.47 Å². The van der Waals surface area contributed by atoms with E-state index in [4.69, 9.17) is 15.2 Å². The number of rotatable bonds is 12. The first-order valence-corrected chi connectivity index (χ1v) is 7.45. The monoisotopic (exact) mass is 274 g/mol. The summed E-state index contributed by atoms with van der Waals surface area (Å²) >= 11 is 0. The Morgan fingerprint density at radius 3 is 2.42 bits per heavy atom. The summed E-state index contributed by atoms with van der Waals surface area (Å²) in [5.41, 5.74) is 5.96. The van der Waals surface area contributed by atoms with Crippen molar-refractivity contribution in [3.8, 4) is 0 Å². The van der Waals surface area contributed by atoms with Crippen LogP contribution >= 0.6 is 0 Å². The van der Waals surface area contributed by atoms with Gasteiger partial charge in [-0.15, -0.1) is 0 Å². The number of hydrogen-bond donors (Lipinski definition) is 1. The average Bonchev–Trinajstić information content (AvgIpc) is 2.33. The largest absolute Gasteiger partial charge is 0.355 e. The van der Waals surface area contributed by atoms with E-state index in [2.05, 4.69) is 39.8 Å². The molecule has 116 valence electrons. The molecule has 0 rings (SSSR count). The zero-order chi connectivity index (χ0) is 14.7. The molecule has 4 nitrogen and oxygen atoms in total. The fraction of sp³-hybridized carbons (Fsp3) is 1.00. The van der Waals surface area contributed by atoms with Gasteiger partial charge in [0.25, 0.3) is 0 Å². The Hall–Kier alpha value is -0.160. The number of unbranched alkanes of at least 4 members (excludes halogenated alkanes) is 1. The van der Waals surface area contributed by atoms with Crippen LogP contribution < -0.4 is 5.73 Å². The minimum absolute atomic E-state index is 0.178. The third-order valence-corrected chi connectivity index (χ3v) is 3.46. The van der Waals surface area contributed by atoms with Crippen LogP contribution in [0.1, 0.15) is 46.5 Å². The molecule has 0 saturated carbocycles. The highest BCUT2D eigenvalue weighted by Gasteiger charge is 2.21. The van der Waals surface area contributed by atoms with Crippen LogP contribution in [-0.2, 0) is 9.47 Å². The molecule has 0 aromatic rings. The van der Waals surface area contributed by atoms with Crippen LogP contribution in [-0.4, -0.2) is 51.6 Å². The normalized spacial score (nSPS) is 14.1. The summed E-state index contributed by atoms with van der Waals surface area (Å²) in [6, 6.07) is 0.458. The van der Waals surface area contributed by atoms with E-state index >= 15 is 0 Å². The van der Waals surface area contributed by atoms with Crippen LogP contribution in [0.4, 0.5) is 0 Å². The topological polar surface area (TPSA) is 47.7 Å². The number of nitrogens with zero attached hydrogens (tertiary/aromatic N) is 1. The fourth-order valence-electron chi connectivity index (χ4n) is 1.90. The minimum atomic E-state index is 0.178. The highest BCUT2D eigenvalue weighted by Crippen LogP contribution is 2.24. The van der Waals surface area contributed by atoms with Gasteiger partial charge in [-0.2, -0.15) is 0 Å². The summed E-state index contributed by atoms with van der Waals surface area (Å²) < 4.78 is 11.0. The summed E-state index contributed by atoms with van der Waals surface area (Å²) in [5.74, 6) is 0. The summed E-state index contributed by atoms with van der Waals surface area (Å²) in [6.07, 6.45) is 4.49. The molecule has 1 atom stereocenters. The minimum Gasteiger partial charge on any atom is -0.355 e. The molecule has 0 aromatic heterocycles. The highest BCUT2D eigenvalue weighted by molar-refractivity contribution is 4.74. The van der Waals surface area contributed by atoms with E-state index in [1.807, 2.05) is 0 Å². The molecule has 0 aliphatic carbocycles. The third kappa shape index (κ3) is 10.3. The van der Waals surface area contributed by atoms with E-state index < -0.39 is 0 Å². The van der Waals surface area contributed by atoms with E-state index in [9.17, 15) is 0 Å². The standard InChI is InChI=1S/C15H34N2O2/c1-6-7-10-18-13-19-12-15(2,3)9-8-14(11-16)17(4)5/h14H,6-13,16H2,1-5H3. The molecule has 0 bridgehead atoms. The first kappa shape index (κ1) is 18.8. The number of ether oxygens (including phenoxy) is 2. The van der Waals surface area contributed by atoms with Crippen LogP contribution in [0, 0.1) is 5.41 Å². The first-order chi connectivity index (χ1) is 8.93. The van der Waals surface area contributed by atoms with Crippen molar-refractivity contribution >= 4 is 0 Å². The Kier molecular flexibility index (Phi) is 10.5. The third-order valence-electron chi connectivity index (χ3n) is 3.46. The van der Waals surface area contributed by atoms with Crippen LogP contribution in [0.15, 0.2) is 0 Å². The van der Waals surface area contributed by atoms with E-state index in [1.54, 1.807) is 0 Å². The molecule has 0 fully saturated rings. The average molecular weight is 274 g/mol. The molecular formula is C15H34N2O2. The molecule has 0 aliphatic heterocycles. The molecule has 0 spiro atoms. The summed E-state index contributed by atoms with van der Waals surface area (Å²) in [7, 11) is 4.17. The summed E-state index contributed by atoms with van der Waals surface area (Å²) in [6.45, 7) is 9.30. The second kappa shape index (κ2) is 10.6. The summed E-state index contributed by atoms with van der Waals surface area (Å²) in [5, 5.41) is 0. The number of hydrogen-bond acceptors (Lipinski definition) is 4. The molecule has 4 heteroatoms. The van der Waals surface area contributed by atoms with E-state index in [0.29, 0.717) is 19.4 Å². The molecule has 0 saturated heterocycles. The second-order valence-electron chi connectivity index (χ2n) is 6.28. The van der Waals surface area contributed by atoms with Crippen LogP contribution in [0.5, 0.6) is 0 Å². The van der Waals surface area contributed by atoms with Gasteiger partial charge in [-0.25, -0.2) is 0 Å². The van der Waals surface area contributed by atoms with Gasteiger partial charge in [-0.1, -0.05) is 27.2 Å². The Labute approximate surface area is 119 Å². The van der Waals surface area contributed by atoms with Gasteiger partial charge in [0.05, 0.1) is 6.61 Å². The van der Waals surface area contributed by atoms with Gasteiger partial charge in [-0.05, 0) is 38.8 Å². The molecule has 0 amide bonds. The van der Waals surface area contributed by atoms with Crippen LogP contribution in [0.3, 0.4) is 0 Å². The first-order valence-electron chi connectivity index (χ1n) is 7.45. The molecule has 0 heterocycles. The molecule has 0 aromatic carbocycles. The van der Waals surface area contributed by atoms with Gasteiger partial charge in [0.2, 0.25) is 0 Å². The lowest BCUT2D eigenvalue weighted by Crippen LogP contribution is -2.36. The van der Waals surface area contributed by atoms with E-state index in [-0.39, 0.29) is 5.41 Å². The number of likely N-dealkylation sites (N-methyl/N-ethyl adjacent to an activating group) is 1. The van der Waals surface area contributed by atoms with Crippen molar-refractivity contribution in [2.75, 3.05) is 40.6 Å². The van der Waals surface area contributed by atoms with Gasteiger partial charge in [0, 0.05) is 19.2 Å². The molecule has 19 heavy (non-hydrogen) atoms. The van der Waals surface area contributed by atoms with Crippen molar-refractivity contribution in [3.63, 3.8) is 0 Å². The van der Waals surface area contributed by atoms with Gasteiger partial charge < -0.3 is 20.1 Å². The van der Waals surface area contributed by atoms with Gasteiger partial charge in [0.1, 0.15) is 6.79 Å². The maximum absolute atomic E-state index is 5.78. The summed E-state index contributed by atoms with van der Waals surface area (Å²) in [4.78, 5) is 2.20. The molecule has 1 unspecified atom stereocenters. The lowest BCUT2D eigenvalue weighted by molar-refractivity contribution is -0.0790. The lowest BCUT2D eigenvalue weighted by atomic mass is 9.87. The Morgan fingerprint density at radius 2 is 1.89 bits per heavy atom. The van der Waals surface area contributed by atoms with Crippen molar-refractivity contribution in [1.82, 2.24) is 4.90 Å². The van der Waals surface area contributed by atoms with E-state index in [1.165, 1.54) is 0 Å². The van der Waals surface area contributed by atoms with Gasteiger partial charge >= 0.3 is 0 Å². The number of nitrogens with two attached hydrogens (primary N) is 1. The van der Waals surface area contributed by atoms with Crippen LogP contribution in [0.2, 0.25) is 0 Å². The lowest BCUT2D eigenvalue weighted by Gasteiger charge is -2.29. The predicted molar refractivity (Wildman–Crippen MR) is 81.2 cm³/mol. The predicted octanol–water partition coefficient (Wildman–Crippen LogP) is 2.47. The maximum Gasteiger partial charge on any atom is 0.146 e. The quantitative estimate of drug-likeness (QED) is 0.439. The van der Waals surface area contributed by atoms with Crippen LogP contribution in [0.25, 0.3) is 0 Å². The van der Waals surface area contributed by atoms with Crippen molar-refractivity contribution in [2.24, 2.45) is 11.1 Å². The fourth-order valence-corrected chi connectivity index (χ4v) is 1.90.